The molecule has 0 fully saturated rings. The zero-order valence-corrected chi connectivity index (χ0v) is 10.5. The lowest BCUT2D eigenvalue weighted by atomic mass is 10.1. The first kappa shape index (κ1) is 11.1. The molecule has 0 unspecified atom stereocenters. The van der Waals surface area contributed by atoms with Gasteiger partial charge in [0.15, 0.2) is 0 Å². The predicted octanol–water partition coefficient (Wildman–Crippen LogP) is 3.34. The summed E-state index contributed by atoms with van der Waals surface area (Å²) in [6.45, 7) is 2.90. The molecule has 0 spiro atoms. The molecule has 16 heavy (non-hydrogen) atoms. The van der Waals surface area contributed by atoms with Crippen molar-refractivity contribution in [2.75, 3.05) is 11.9 Å². The number of rotatable bonds is 3. The van der Waals surface area contributed by atoms with Crippen LogP contribution in [0.5, 0.6) is 0 Å². The van der Waals surface area contributed by atoms with Crippen molar-refractivity contribution in [2.24, 2.45) is 0 Å². The molecule has 0 amide bonds. The van der Waals surface area contributed by atoms with Crippen molar-refractivity contribution in [1.29, 1.82) is 0 Å². The standard InChI is InChI=1S/C12H12BrN3/c1-2-14-12-7-11(15-8-16-12)9-3-5-10(13)6-4-9/h3-8H,2H2,1H3,(H,14,15,16). The average molecular weight is 278 g/mol. The molecule has 4 heteroatoms. The summed E-state index contributed by atoms with van der Waals surface area (Å²) >= 11 is 3.41. The van der Waals surface area contributed by atoms with Gasteiger partial charge in [-0.05, 0) is 19.1 Å². The fraction of sp³-hybridized carbons (Fsp3) is 0.167. The Labute approximate surface area is 103 Å². The third-order valence-corrected chi connectivity index (χ3v) is 2.69. The van der Waals surface area contributed by atoms with Crippen LogP contribution in [0.3, 0.4) is 0 Å². The summed E-state index contributed by atoms with van der Waals surface area (Å²) in [6.07, 6.45) is 1.58. The Hall–Kier alpha value is -1.42. The average Bonchev–Trinajstić information content (AvgIpc) is 2.31. The lowest BCUT2D eigenvalue weighted by molar-refractivity contribution is 1.11. The van der Waals surface area contributed by atoms with E-state index in [0.717, 1.165) is 28.1 Å². The number of hydrogen-bond acceptors (Lipinski definition) is 3. The fourth-order valence-electron chi connectivity index (χ4n) is 1.41. The van der Waals surface area contributed by atoms with Gasteiger partial charge in [-0.15, -0.1) is 0 Å². The van der Waals surface area contributed by atoms with Crippen LogP contribution in [0.2, 0.25) is 0 Å². The van der Waals surface area contributed by atoms with E-state index < -0.39 is 0 Å². The number of benzene rings is 1. The van der Waals surface area contributed by atoms with Crippen molar-refractivity contribution in [3.8, 4) is 11.3 Å². The van der Waals surface area contributed by atoms with Crippen LogP contribution in [0.4, 0.5) is 5.82 Å². The van der Waals surface area contributed by atoms with Crippen LogP contribution < -0.4 is 5.32 Å². The van der Waals surface area contributed by atoms with E-state index in [9.17, 15) is 0 Å². The van der Waals surface area contributed by atoms with Crippen molar-refractivity contribution in [3.63, 3.8) is 0 Å². The maximum atomic E-state index is 4.26. The van der Waals surface area contributed by atoms with Crippen molar-refractivity contribution >= 4 is 21.7 Å². The van der Waals surface area contributed by atoms with Crippen LogP contribution in [0.15, 0.2) is 41.1 Å². The third-order valence-electron chi connectivity index (χ3n) is 2.16. The van der Waals surface area contributed by atoms with E-state index in [1.807, 2.05) is 37.3 Å². The van der Waals surface area contributed by atoms with Gasteiger partial charge in [0.25, 0.3) is 0 Å². The van der Waals surface area contributed by atoms with E-state index in [4.69, 9.17) is 0 Å². The molecule has 1 heterocycles. The number of nitrogens with zero attached hydrogens (tertiary/aromatic N) is 2. The second-order valence-electron chi connectivity index (χ2n) is 3.33. The highest BCUT2D eigenvalue weighted by atomic mass is 79.9. The molecule has 1 N–H and O–H groups in total. The Bertz CT molecular complexity index is 468. The van der Waals surface area contributed by atoms with Crippen molar-refractivity contribution in [2.45, 2.75) is 6.92 Å². The molecule has 0 aliphatic heterocycles. The Morgan fingerprint density at radius 2 is 1.94 bits per heavy atom. The lowest BCUT2D eigenvalue weighted by Gasteiger charge is -2.04. The van der Waals surface area contributed by atoms with Gasteiger partial charge in [-0.1, -0.05) is 28.1 Å². The molecule has 3 nitrogen and oxygen atoms in total. The zero-order chi connectivity index (χ0) is 11.4. The van der Waals surface area contributed by atoms with Crippen LogP contribution >= 0.6 is 15.9 Å². The second kappa shape index (κ2) is 5.07. The van der Waals surface area contributed by atoms with Gasteiger partial charge in [0.2, 0.25) is 0 Å². The van der Waals surface area contributed by atoms with Crippen LogP contribution in [0.25, 0.3) is 11.3 Å². The second-order valence-corrected chi connectivity index (χ2v) is 4.24. The number of anilines is 1. The minimum absolute atomic E-state index is 0.857. The maximum absolute atomic E-state index is 4.26. The van der Waals surface area contributed by atoms with E-state index in [1.54, 1.807) is 6.33 Å². The largest absolute Gasteiger partial charge is 0.370 e. The molecule has 0 radical (unpaired) electrons. The van der Waals surface area contributed by atoms with E-state index in [-0.39, 0.29) is 0 Å². The summed E-state index contributed by atoms with van der Waals surface area (Å²) < 4.78 is 1.07. The summed E-state index contributed by atoms with van der Waals surface area (Å²) in [5, 5.41) is 3.17. The molecule has 1 aromatic heterocycles. The van der Waals surface area contributed by atoms with Crippen molar-refractivity contribution in [3.05, 3.63) is 41.1 Å². The molecule has 0 bridgehead atoms. The lowest BCUT2D eigenvalue weighted by Crippen LogP contribution is -1.99. The Kier molecular flexibility index (Phi) is 3.51. The molecule has 0 saturated heterocycles. The van der Waals surface area contributed by atoms with Crippen LogP contribution in [-0.4, -0.2) is 16.5 Å². The highest BCUT2D eigenvalue weighted by Gasteiger charge is 2.00. The van der Waals surface area contributed by atoms with Gasteiger partial charge in [-0.25, -0.2) is 9.97 Å². The predicted molar refractivity (Wildman–Crippen MR) is 69.3 cm³/mol. The molecule has 0 aliphatic rings. The van der Waals surface area contributed by atoms with E-state index in [1.165, 1.54) is 0 Å². The quantitative estimate of drug-likeness (QED) is 0.935. The molecular weight excluding hydrogens is 266 g/mol. The normalized spacial score (nSPS) is 10.1. The van der Waals surface area contributed by atoms with Crippen LogP contribution in [0, 0.1) is 0 Å². The topological polar surface area (TPSA) is 37.8 Å². The first-order valence-corrected chi connectivity index (χ1v) is 5.90. The Morgan fingerprint density at radius 1 is 1.19 bits per heavy atom. The van der Waals surface area contributed by atoms with Gasteiger partial charge < -0.3 is 5.32 Å². The molecule has 2 rings (SSSR count). The maximum Gasteiger partial charge on any atom is 0.129 e. The minimum atomic E-state index is 0.857. The van der Waals surface area contributed by atoms with Crippen LogP contribution in [0.1, 0.15) is 6.92 Å². The van der Waals surface area contributed by atoms with Gasteiger partial charge in [0.05, 0.1) is 5.69 Å². The molecule has 82 valence electrons. The molecule has 2 aromatic rings. The highest BCUT2D eigenvalue weighted by Crippen LogP contribution is 2.20. The molecular formula is C12H12BrN3. The first-order valence-electron chi connectivity index (χ1n) is 5.11. The number of hydrogen-bond donors (Lipinski definition) is 1. The molecule has 0 saturated carbocycles. The summed E-state index contributed by atoms with van der Waals surface area (Å²) in [5.74, 6) is 0.857. The van der Waals surface area contributed by atoms with Gasteiger partial charge in [0.1, 0.15) is 12.1 Å². The summed E-state index contributed by atoms with van der Waals surface area (Å²) in [6, 6.07) is 10.0. The molecule has 0 aliphatic carbocycles. The monoisotopic (exact) mass is 277 g/mol. The van der Waals surface area contributed by atoms with E-state index >= 15 is 0 Å². The van der Waals surface area contributed by atoms with Crippen molar-refractivity contribution in [1.82, 2.24) is 9.97 Å². The number of nitrogens with one attached hydrogen (secondary N) is 1. The van der Waals surface area contributed by atoms with Crippen LogP contribution in [-0.2, 0) is 0 Å². The zero-order valence-electron chi connectivity index (χ0n) is 8.94. The SMILES string of the molecule is CCNc1cc(-c2ccc(Br)cc2)ncn1. The summed E-state index contributed by atoms with van der Waals surface area (Å²) in [5.41, 5.74) is 2.02. The van der Waals surface area contributed by atoms with Gasteiger partial charge >= 0.3 is 0 Å². The number of halogens is 1. The summed E-state index contributed by atoms with van der Waals surface area (Å²) in [7, 11) is 0. The van der Waals surface area contributed by atoms with Crippen molar-refractivity contribution < 1.29 is 0 Å². The van der Waals surface area contributed by atoms with E-state index in [2.05, 4.69) is 31.2 Å². The number of aromatic nitrogens is 2. The highest BCUT2D eigenvalue weighted by molar-refractivity contribution is 9.10. The van der Waals surface area contributed by atoms with E-state index in [0.29, 0.717) is 0 Å². The molecule has 1 aromatic carbocycles. The fourth-order valence-corrected chi connectivity index (χ4v) is 1.68. The Morgan fingerprint density at radius 3 is 2.62 bits per heavy atom. The van der Waals surface area contributed by atoms with Gasteiger partial charge in [0, 0.05) is 22.6 Å². The van der Waals surface area contributed by atoms with Gasteiger partial charge in [-0.3, -0.25) is 0 Å². The Balaban J connectivity index is 2.32. The van der Waals surface area contributed by atoms with Gasteiger partial charge in [-0.2, -0.15) is 0 Å². The molecule has 0 atom stereocenters. The first-order chi connectivity index (χ1) is 7.79. The minimum Gasteiger partial charge on any atom is -0.370 e. The summed E-state index contributed by atoms with van der Waals surface area (Å²) in [4.78, 5) is 8.40. The smallest absolute Gasteiger partial charge is 0.129 e. The third kappa shape index (κ3) is 2.58.